The molecule has 0 bridgehead atoms. The van der Waals surface area contributed by atoms with Gasteiger partial charge >= 0.3 is 0 Å². The summed E-state index contributed by atoms with van der Waals surface area (Å²) < 4.78 is 0. The van der Waals surface area contributed by atoms with Gasteiger partial charge in [0, 0.05) is 6.54 Å². The Kier molecular flexibility index (Phi) is 4.86. The molecular weight excluding hydrogens is 164 g/mol. The second-order valence-electron chi connectivity index (χ2n) is 3.24. The van der Waals surface area contributed by atoms with E-state index in [1.165, 1.54) is 0 Å². The number of terminal acetylenes is 1. The zero-order valence-corrected chi connectivity index (χ0v) is 8.18. The molecule has 0 atom stereocenters. The average molecular weight is 180 g/mol. The number of hydrogen-bond donors (Lipinski definition) is 2. The lowest BCUT2D eigenvalue weighted by atomic mass is 10.1. The van der Waals surface area contributed by atoms with Crippen LogP contribution in [0.2, 0.25) is 0 Å². The number of carbonyl (C=O) groups is 1. The number of carbonyl (C=O) groups excluding carboxylic acids is 1. The topological polar surface area (TPSA) is 41.1 Å². The molecular formula is C10H16N2O. The fourth-order valence-electron chi connectivity index (χ4n) is 0.717. The van der Waals surface area contributed by atoms with E-state index < -0.39 is 5.54 Å². The maximum Gasteiger partial charge on any atom is 0.235 e. The Morgan fingerprint density at radius 2 is 2.31 bits per heavy atom. The summed E-state index contributed by atoms with van der Waals surface area (Å²) in [5.41, 5.74) is -0.576. The quantitative estimate of drug-likeness (QED) is 0.363. The van der Waals surface area contributed by atoms with Crippen LogP contribution in [0.5, 0.6) is 0 Å². The molecule has 0 rings (SSSR count). The van der Waals surface area contributed by atoms with Gasteiger partial charge in [0.15, 0.2) is 0 Å². The van der Waals surface area contributed by atoms with Gasteiger partial charge in [-0.15, -0.1) is 13.0 Å². The van der Waals surface area contributed by atoms with Crippen molar-refractivity contribution in [3.63, 3.8) is 0 Å². The molecule has 0 saturated heterocycles. The molecule has 1 amide bonds. The van der Waals surface area contributed by atoms with Crippen molar-refractivity contribution in [2.24, 2.45) is 0 Å². The molecule has 0 aromatic carbocycles. The van der Waals surface area contributed by atoms with E-state index in [0.29, 0.717) is 6.54 Å². The molecule has 3 heteroatoms. The average Bonchev–Trinajstić information content (AvgIpc) is 2.04. The minimum Gasteiger partial charge on any atom is -0.339 e. The smallest absolute Gasteiger partial charge is 0.235 e. The van der Waals surface area contributed by atoms with Crippen LogP contribution in [0.4, 0.5) is 0 Å². The van der Waals surface area contributed by atoms with Crippen LogP contribution in [0.3, 0.4) is 0 Å². The molecule has 0 aromatic heterocycles. The molecule has 0 radical (unpaired) electrons. The highest BCUT2D eigenvalue weighted by atomic mass is 16.2. The standard InChI is InChI=1S/C10H16N2O/c1-5-7-11-8-9(13)12-10(3,4)6-2/h2,5,11H,1,7-8H2,3-4H3,(H,12,13). The number of amides is 1. The Bertz CT molecular complexity index is 226. The molecule has 72 valence electrons. The highest BCUT2D eigenvalue weighted by molar-refractivity contribution is 5.79. The second-order valence-corrected chi connectivity index (χ2v) is 3.24. The molecule has 0 aromatic rings. The van der Waals surface area contributed by atoms with Crippen LogP contribution >= 0.6 is 0 Å². The molecule has 0 heterocycles. The third-order valence-corrected chi connectivity index (χ3v) is 1.39. The number of rotatable bonds is 5. The molecule has 0 aliphatic rings. The van der Waals surface area contributed by atoms with Crippen molar-refractivity contribution in [1.29, 1.82) is 0 Å². The van der Waals surface area contributed by atoms with Crippen LogP contribution in [-0.4, -0.2) is 24.5 Å². The van der Waals surface area contributed by atoms with Crippen LogP contribution in [0.15, 0.2) is 12.7 Å². The predicted molar refractivity (Wildman–Crippen MR) is 54.1 cm³/mol. The van der Waals surface area contributed by atoms with E-state index in [1.54, 1.807) is 19.9 Å². The van der Waals surface area contributed by atoms with Gasteiger partial charge in [0.1, 0.15) is 0 Å². The van der Waals surface area contributed by atoms with Gasteiger partial charge in [-0.05, 0) is 13.8 Å². The van der Waals surface area contributed by atoms with E-state index >= 15 is 0 Å². The number of nitrogens with one attached hydrogen (secondary N) is 2. The van der Waals surface area contributed by atoms with E-state index in [2.05, 4.69) is 23.1 Å². The zero-order chi connectivity index (χ0) is 10.3. The van der Waals surface area contributed by atoms with E-state index in [-0.39, 0.29) is 12.5 Å². The van der Waals surface area contributed by atoms with Crippen LogP contribution in [0.1, 0.15) is 13.8 Å². The van der Waals surface area contributed by atoms with Crippen molar-refractivity contribution in [1.82, 2.24) is 10.6 Å². The highest BCUT2D eigenvalue weighted by Crippen LogP contribution is 1.97. The van der Waals surface area contributed by atoms with Gasteiger partial charge in [0.2, 0.25) is 5.91 Å². The van der Waals surface area contributed by atoms with Gasteiger partial charge < -0.3 is 10.6 Å². The summed E-state index contributed by atoms with van der Waals surface area (Å²) in [7, 11) is 0. The van der Waals surface area contributed by atoms with Crippen molar-refractivity contribution in [2.75, 3.05) is 13.1 Å². The SMILES string of the molecule is C#CC(C)(C)NC(=O)CNCC=C. The molecule has 0 aliphatic heterocycles. The lowest BCUT2D eigenvalue weighted by Crippen LogP contribution is -2.45. The minimum atomic E-state index is -0.576. The molecule has 0 fully saturated rings. The summed E-state index contributed by atoms with van der Waals surface area (Å²) >= 11 is 0. The van der Waals surface area contributed by atoms with Gasteiger partial charge in [-0.2, -0.15) is 0 Å². The maximum absolute atomic E-state index is 11.2. The highest BCUT2D eigenvalue weighted by Gasteiger charge is 2.15. The lowest BCUT2D eigenvalue weighted by molar-refractivity contribution is -0.121. The van der Waals surface area contributed by atoms with Crippen molar-refractivity contribution < 1.29 is 4.79 Å². The first kappa shape index (κ1) is 11.7. The predicted octanol–water partition coefficient (Wildman–Crippen LogP) is 0.290. The molecule has 3 nitrogen and oxygen atoms in total. The Morgan fingerprint density at radius 3 is 2.77 bits per heavy atom. The maximum atomic E-state index is 11.2. The first-order valence-electron chi connectivity index (χ1n) is 4.12. The summed E-state index contributed by atoms with van der Waals surface area (Å²) in [6, 6.07) is 0. The van der Waals surface area contributed by atoms with E-state index in [1.807, 2.05) is 0 Å². The molecule has 0 unspecified atom stereocenters. The number of hydrogen-bond acceptors (Lipinski definition) is 2. The van der Waals surface area contributed by atoms with Gasteiger partial charge in [-0.3, -0.25) is 4.79 Å². The van der Waals surface area contributed by atoms with Crippen LogP contribution in [0.25, 0.3) is 0 Å². The van der Waals surface area contributed by atoms with Crippen molar-refractivity contribution in [3.8, 4) is 12.3 Å². The Labute approximate surface area is 79.6 Å². The minimum absolute atomic E-state index is 0.107. The molecule has 0 saturated carbocycles. The largest absolute Gasteiger partial charge is 0.339 e. The van der Waals surface area contributed by atoms with Crippen molar-refractivity contribution in [3.05, 3.63) is 12.7 Å². The summed E-state index contributed by atoms with van der Waals surface area (Å²) in [6.07, 6.45) is 6.90. The molecule has 2 N–H and O–H groups in total. The summed E-state index contributed by atoms with van der Waals surface area (Å²) in [4.78, 5) is 11.2. The summed E-state index contributed by atoms with van der Waals surface area (Å²) in [6.45, 7) is 7.95. The van der Waals surface area contributed by atoms with Gasteiger partial charge in [-0.1, -0.05) is 12.0 Å². The van der Waals surface area contributed by atoms with Crippen LogP contribution in [-0.2, 0) is 4.79 Å². The summed E-state index contributed by atoms with van der Waals surface area (Å²) in [5.74, 6) is 2.38. The monoisotopic (exact) mass is 180 g/mol. The molecule has 13 heavy (non-hydrogen) atoms. The van der Waals surface area contributed by atoms with Crippen molar-refractivity contribution in [2.45, 2.75) is 19.4 Å². The Morgan fingerprint density at radius 1 is 1.69 bits per heavy atom. The van der Waals surface area contributed by atoms with E-state index in [4.69, 9.17) is 6.42 Å². The fraction of sp³-hybridized carbons (Fsp3) is 0.500. The van der Waals surface area contributed by atoms with Gasteiger partial charge in [0.25, 0.3) is 0 Å². The fourth-order valence-corrected chi connectivity index (χ4v) is 0.717. The third-order valence-electron chi connectivity index (χ3n) is 1.39. The Hall–Kier alpha value is -1.27. The second kappa shape index (κ2) is 5.39. The van der Waals surface area contributed by atoms with E-state index in [9.17, 15) is 4.79 Å². The normalized spacial score (nSPS) is 10.2. The van der Waals surface area contributed by atoms with Crippen molar-refractivity contribution >= 4 is 5.91 Å². The first-order valence-corrected chi connectivity index (χ1v) is 4.12. The zero-order valence-electron chi connectivity index (χ0n) is 8.18. The Balaban J connectivity index is 3.76. The van der Waals surface area contributed by atoms with E-state index in [0.717, 1.165) is 0 Å². The lowest BCUT2D eigenvalue weighted by Gasteiger charge is -2.19. The first-order chi connectivity index (χ1) is 6.02. The van der Waals surface area contributed by atoms with Gasteiger partial charge in [0.05, 0.1) is 12.1 Å². The summed E-state index contributed by atoms with van der Waals surface area (Å²) in [5, 5.41) is 5.58. The van der Waals surface area contributed by atoms with Crippen LogP contribution in [0, 0.1) is 12.3 Å². The molecule has 0 spiro atoms. The third kappa shape index (κ3) is 5.94. The van der Waals surface area contributed by atoms with Gasteiger partial charge in [-0.25, -0.2) is 0 Å². The molecule has 0 aliphatic carbocycles. The van der Waals surface area contributed by atoms with Crippen LogP contribution < -0.4 is 10.6 Å².